The number of aromatic nitrogens is 10. The predicted octanol–water partition coefficient (Wildman–Crippen LogP) is 32.8. The van der Waals surface area contributed by atoms with Crippen molar-refractivity contribution in [3.63, 3.8) is 0 Å². The van der Waals surface area contributed by atoms with Crippen molar-refractivity contribution in [3.8, 4) is 169 Å². The Labute approximate surface area is 792 Å². The zero-order valence-corrected chi connectivity index (χ0v) is 75.0. The van der Waals surface area contributed by atoms with Gasteiger partial charge in [0, 0.05) is 141 Å². The fourth-order valence-corrected chi connectivity index (χ4v) is 22.1. The lowest BCUT2D eigenvalue weighted by Gasteiger charge is -2.16. The summed E-state index contributed by atoms with van der Waals surface area (Å²) in [6, 6.07) is 162. The van der Waals surface area contributed by atoms with Gasteiger partial charge in [0.2, 0.25) is 0 Å². The second kappa shape index (κ2) is 34.6. The Hall–Kier alpha value is -17.7. The molecule has 136 heavy (non-hydrogen) atoms. The fourth-order valence-electron chi connectivity index (χ4n) is 19.4. The summed E-state index contributed by atoms with van der Waals surface area (Å²) < 4.78 is 9.64. The van der Waals surface area contributed by atoms with Crippen molar-refractivity contribution in [2.24, 2.45) is 0 Å². The highest BCUT2D eigenvalue weighted by molar-refractivity contribution is 7.27. The topological polar surface area (TPSA) is 113 Å². The van der Waals surface area contributed by atoms with Crippen molar-refractivity contribution in [2.45, 2.75) is 0 Å². The quantitative estimate of drug-likeness (QED) is 0.0940. The Morgan fingerprint density at radius 2 is 0.493 bits per heavy atom. The summed E-state index contributed by atoms with van der Waals surface area (Å²) in [4.78, 5) is 42.4. The van der Waals surface area contributed by atoms with E-state index in [0.717, 1.165) is 139 Å². The molecule has 12 heteroatoms. The highest BCUT2D eigenvalue weighted by Crippen LogP contribution is 2.51. The standard InChI is InChI=1S/2C62H39N5S/c1-6-19-40(20-7-1)44-33-34-47(41-21-8-2-9-22-41)52(37-44)45-38-53(62-65-60(42-23-10-3-11-24-42)64-61(66-62)43-25-12-4-13-26-43)57(63-39-45)51-31-18-30-48-49-35-36-55-56(59(49)68-58(48)51)50-29-16-17-32-54(50)67(55)46-27-14-5-15-28-46;1-6-18-40(19-7-1)44-30-32-48(41-20-8-2-9-21-41)52(36-44)46-37-53(62-65-60(42-22-10-3-11-23-42)64-61(66-62)43-24-12-4-13-25-43)58(63-39-46)45-31-33-49-50-34-35-55-57(59(50)68-56(49)38-45)51-28-16-17-29-54(51)67(55)47-26-14-5-15-27-47/h2*1-39H. The number of fused-ring (bicyclic) bond motifs is 14. The molecule has 0 spiro atoms. The Bertz CT molecular complexity index is 8940. The first kappa shape index (κ1) is 80.4. The van der Waals surface area contributed by atoms with Crippen LogP contribution >= 0.6 is 22.7 Å². The number of hydrogen-bond acceptors (Lipinski definition) is 10. The van der Waals surface area contributed by atoms with Crippen LogP contribution in [-0.4, -0.2) is 49.0 Å². The van der Waals surface area contributed by atoms with Gasteiger partial charge < -0.3 is 9.13 Å². The summed E-state index contributed by atoms with van der Waals surface area (Å²) in [6.07, 6.45) is 4.05. The number of hydrogen-bond donors (Lipinski definition) is 0. The molecule has 18 aromatic carbocycles. The summed E-state index contributed by atoms with van der Waals surface area (Å²) in [7, 11) is 0. The van der Waals surface area contributed by atoms with Crippen LogP contribution in [0.3, 0.4) is 0 Å². The van der Waals surface area contributed by atoms with Crippen molar-refractivity contribution < 1.29 is 0 Å². The molecular formula is C124H78N10S2. The largest absolute Gasteiger partial charge is 0.309 e. The van der Waals surface area contributed by atoms with Gasteiger partial charge in [-0.15, -0.1) is 22.7 Å². The van der Waals surface area contributed by atoms with E-state index in [4.69, 9.17) is 39.9 Å². The zero-order valence-electron chi connectivity index (χ0n) is 73.3. The molecule has 0 N–H and O–H groups in total. The third kappa shape index (κ3) is 14.6. The molecule has 0 bridgehead atoms. The van der Waals surface area contributed by atoms with Gasteiger partial charge in [-0.1, -0.05) is 382 Å². The normalized spacial score (nSPS) is 11.5. The number of rotatable bonds is 16. The molecule has 0 radical (unpaired) electrons. The van der Waals surface area contributed by atoms with Gasteiger partial charge in [0.05, 0.1) is 33.5 Å². The van der Waals surface area contributed by atoms with Crippen molar-refractivity contribution in [2.75, 3.05) is 0 Å². The first-order valence-corrected chi connectivity index (χ1v) is 47.2. The first-order valence-electron chi connectivity index (χ1n) is 45.6. The monoisotopic (exact) mass is 1770 g/mol. The smallest absolute Gasteiger partial charge is 0.166 e. The van der Waals surface area contributed by atoms with Crippen LogP contribution in [0.1, 0.15) is 0 Å². The lowest BCUT2D eigenvalue weighted by atomic mass is 9.90. The van der Waals surface area contributed by atoms with Crippen LogP contribution in [0.15, 0.2) is 473 Å². The van der Waals surface area contributed by atoms with E-state index in [1.165, 1.54) is 79.3 Å². The molecule has 0 fully saturated rings. The average molecular weight is 1770 g/mol. The van der Waals surface area contributed by atoms with Gasteiger partial charge in [-0.05, 0) is 134 Å². The summed E-state index contributed by atoms with van der Waals surface area (Å²) >= 11 is 3.67. The third-order valence-electron chi connectivity index (χ3n) is 25.8. The van der Waals surface area contributed by atoms with Gasteiger partial charge in [-0.3, -0.25) is 9.97 Å². The first-order chi connectivity index (χ1) is 67.4. The highest BCUT2D eigenvalue weighted by Gasteiger charge is 2.28. The van der Waals surface area contributed by atoms with Gasteiger partial charge >= 0.3 is 0 Å². The van der Waals surface area contributed by atoms with E-state index in [1.807, 2.05) is 132 Å². The van der Waals surface area contributed by atoms with E-state index in [0.29, 0.717) is 34.9 Å². The van der Waals surface area contributed by atoms with Crippen molar-refractivity contribution in [3.05, 3.63) is 473 Å². The number of nitrogens with zero attached hydrogens (tertiary/aromatic N) is 10. The Kier molecular flexibility index (Phi) is 20.4. The van der Waals surface area contributed by atoms with Crippen LogP contribution in [0.4, 0.5) is 0 Å². The molecule has 0 atom stereocenters. The van der Waals surface area contributed by atoms with E-state index < -0.39 is 0 Å². The number of benzene rings is 18. The molecule has 0 amide bonds. The molecule has 0 aliphatic carbocycles. The molecule has 0 saturated carbocycles. The molecule has 0 aliphatic heterocycles. The number of pyridine rings is 2. The molecular weight excluding hydrogens is 1690 g/mol. The molecule has 0 aliphatic rings. The van der Waals surface area contributed by atoms with E-state index in [-0.39, 0.29) is 0 Å². The molecule has 0 saturated heterocycles. The summed E-state index contributed by atoms with van der Waals surface area (Å²) in [5.74, 6) is 3.49. The molecule has 8 heterocycles. The molecule has 636 valence electrons. The van der Waals surface area contributed by atoms with Gasteiger partial charge in [0.25, 0.3) is 0 Å². The second-order valence-corrected chi connectivity index (χ2v) is 36.0. The molecule has 26 rings (SSSR count). The fraction of sp³-hybridized carbons (Fsp3) is 0. The highest BCUT2D eigenvalue weighted by atomic mass is 32.1. The maximum absolute atomic E-state index is 5.52. The van der Waals surface area contributed by atoms with E-state index in [2.05, 4.69) is 373 Å². The van der Waals surface area contributed by atoms with Gasteiger partial charge in [-0.25, -0.2) is 29.9 Å². The molecule has 10 nitrogen and oxygen atoms in total. The molecule has 0 unspecified atom stereocenters. The van der Waals surface area contributed by atoms with E-state index >= 15 is 0 Å². The summed E-state index contributed by atoms with van der Waals surface area (Å²) in [5, 5.41) is 9.86. The lowest BCUT2D eigenvalue weighted by Crippen LogP contribution is -2.02. The molecule has 26 aromatic rings. The van der Waals surface area contributed by atoms with Gasteiger partial charge in [0.1, 0.15) is 0 Å². The van der Waals surface area contributed by atoms with E-state index in [1.54, 1.807) is 0 Å². The third-order valence-corrected chi connectivity index (χ3v) is 28.3. The van der Waals surface area contributed by atoms with Gasteiger partial charge in [0.15, 0.2) is 34.9 Å². The van der Waals surface area contributed by atoms with Crippen LogP contribution in [0.25, 0.3) is 253 Å². The van der Waals surface area contributed by atoms with Crippen molar-refractivity contribution >= 4 is 107 Å². The summed E-state index contributed by atoms with van der Waals surface area (Å²) in [5.41, 5.74) is 29.0. The van der Waals surface area contributed by atoms with E-state index in [9.17, 15) is 0 Å². The Morgan fingerprint density at radius 1 is 0.169 bits per heavy atom. The van der Waals surface area contributed by atoms with Crippen molar-refractivity contribution in [1.29, 1.82) is 0 Å². The Morgan fingerprint density at radius 3 is 0.926 bits per heavy atom. The minimum absolute atomic E-state index is 0.550. The number of thiophene rings is 2. The average Bonchev–Trinajstić information content (AvgIpc) is 1.56. The summed E-state index contributed by atoms with van der Waals surface area (Å²) in [6.45, 7) is 0. The zero-order chi connectivity index (χ0) is 89.9. The lowest BCUT2D eigenvalue weighted by molar-refractivity contribution is 1.07. The minimum Gasteiger partial charge on any atom is -0.309 e. The second-order valence-electron chi connectivity index (χ2n) is 33.9. The number of para-hydroxylation sites is 4. The van der Waals surface area contributed by atoms with Crippen LogP contribution in [0, 0.1) is 0 Å². The van der Waals surface area contributed by atoms with Gasteiger partial charge in [-0.2, -0.15) is 0 Å². The van der Waals surface area contributed by atoms with Crippen LogP contribution in [0.2, 0.25) is 0 Å². The van der Waals surface area contributed by atoms with Crippen LogP contribution in [0.5, 0.6) is 0 Å². The SMILES string of the molecule is c1ccc(-c2ccc(-c3ccccc3)c(-c3cnc(-c4ccc5c(c4)sc4c5ccc5c4c4ccccc4n5-c4ccccc4)c(-c4nc(-c5ccccc5)nc(-c5ccccc5)n4)c3)c2)cc1.c1ccc(-c2ccc(-c3ccccc3)c(-c3cnc(-c4cccc5c4sc4c5ccc5c4c4ccccc4n5-c4ccccc4)c(-c4nc(-c5ccccc5)nc(-c5ccccc5)n4)c3)c2)cc1. The minimum atomic E-state index is 0.550. The Balaban J connectivity index is 0.000000145. The molecule has 8 aromatic heterocycles. The maximum atomic E-state index is 5.52. The maximum Gasteiger partial charge on any atom is 0.166 e. The van der Waals surface area contributed by atoms with Crippen LogP contribution < -0.4 is 0 Å². The predicted molar refractivity (Wildman–Crippen MR) is 566 cm³/mol. The van der Waals surface area contributed by atoms with Crippen molar-refractivity contribution in [1.82, 2.24) is 49.0 Å². The van der Waals surface area contributed by atoms with Crippen LogP contribution in [-0.2, 0) is 0 Å².